The summed E-state index contributed by atoms with van der Waals surface area (Å²) < 4.78 is 106. The second-order valence-electron chi connectivity index (χ2n) is 10.6. The number of esters is 1. The first kappa shape index (κ1) is 41.8. The Hall–Kier alpha value is -3.61. The summed E-state index contributed by atoms with van der Waals surface area (Å²) in [5.41, 5.74) is 0.828. The third kappa shape index (κ3) is 17.0. The lowest BCUT2D eigenvalue weighted by Gasteiger charge is -2.13. The molecule has 0 atom stereocenters. The zero-order valence-electron chi connectivity index (χ0n) is 28.4. The number of para-hydroxylation sites is 1. The van der Waals surface area contributed by atoms with Crippen LogP contribution in [0.2, 0.25) is 0 Å². The molecule has 3 aromatic carbocycles. The highest BCUT2D eigenvalue weighted by Gasteiger charge is 2.30. The molecule has 282 valence electrons. The summed E-state index contributed by atoms with van der Waals surface area (Å²) >= 11 is 0. The van der Waals surface area contributed by atoms with Crippen LogP contribution in [-0.4, -0.2) is 107 Å². The molecule has 0 saturated carbocycles. The van der Waals surface area contributed by atoms with Crippen LogP contribution in [0.15, 0.2) is 77.7 Å². The molecule has 12 nitrogen and oxygen atoms in total. The highest BCUT2D eigenvalue weighted by Crippen LogP contribution is 2.32. The van der Waals surface area contributed by atoms with E-state index in [-0.39, 0.29) is 49.2 Å². The average molecular weight is 744 g/mol. The van der Waals surface area contributed by atoms with Gasteiger partial charge in [-0.1, -0.05) is 35.9 Å². The number of nitrogens with one attached hydrogen (secondary N) is 1. The van der Waals surface area contributed by atoms with Gasteiger partial charge in [-0.05, 0) is 49.4 Å². The minimum Gasteiger partial charge on any atom is -0.460 e. The van der Waals surface area contributed by atoms with Gasteiger partial charge in [0.1, 0.15) is 6.61 Å². The van der Waals surface area contributed by atoms with Crippen LogP contribution in [0.5, 0.6) is 0 Å². The molecular formula is C35H44F3NO11S. The van der Waals surface area contributed by atoms with E-state index in [0.29, 0.717) is 65.1 Å². The average Bonchev–Trinajstić information content (AvgIpc) is 3.10. The number of alkyl halides is 3. The van der Waals surface area contributed by atoms with Crippen molar-refractivity contribution < 1.29 is 63.7 Å². The van der Waals surface area contributed by atoms with Crippen molar-refractivity contribution in [1.82, 2.24) is 0 Å². The standard InChI is InChI=1S/C35H44F3NO11S/c1-28-9-11-31(12-10-28)51(41,42)50-26-24-48-22-20-46-18-16-44-14-13-43-15-17-45-19-21-47-23-25-49-34(40)32-7-2-3-8-33(32)39-30-6-4-5-29(27-30)35(36,37)38/h2-12,27,39H,13-26H2,1H3. The first-order chi connectivity index (χ1) is 24.6. The lowest BCUT2D eigenvalue weighted by molar-refractivity contribution is -0.137. The molecule has 16 heteroatoms. The van der Waals surface area contributed by atoms with E-state index in [0.717, 1.165) is 17.7 Å². The topological polar surface area (TPSA) is 137 Å². The molecule has 0 unspecified atom stereocenters. The van der Waals surface area contributed by atoms with E-state index in [4.69, 9.17) is 37.3 Å². The Kier molecular flexibility index (Phi) is 18.9. The summed E-state index contributed by atoms with van der Waals surface area (Å²) in [4.78, 5) is 12.7. The van der Waals surface area contributed by atoms with Gasteiger partial charge < -0.3 is 38.5 Å². The number of rotatable bonds is 26. The molecule has 0 aromatic heterocycles. The number of aryl methyl sites for hydroxylation is 1. The summed E-state index contributed by atoms with van der Waals surface area (Å²) in [6.45, 7) is 5.51. The summed E-state index contributed by atoms with van der Waals surface area (Å²) in [5.74, 6) is -0.641. The molecule has 1 N–H and O–H groups in total. The Labute approximate surface area is 296 Å². The maximum atomic E-state index is 13.0. The van der Waals surface area contributed by atoms with Crippen molar-refractivity contribution >= 4 is 27.5 Å². The molecule has 0 aliphatic carbocycles. The quantitative estimate of drug-likeness (QED) is 0.0639. The van der Waals surface area contributed by atoms with Crippen LogP contribution in [-0.2, 0) is 53.6 Å². The van der Waals surface area contributed by atoms with Gasteiger partial charge in [0.15, 0.2) is 0 Å². The van der Waals surface area contributed by atoms with E-state index < -0.39 is 27.8 Å². The maximum Gasteiger partial charge on any atom is 0.416 e. The molecule has 0 spiro atoms. The van der Waals surface area contributed by atoms with E-state index in [1.54, 1.807) is 30.3 Å². The monoisotopic (exact) mass is 743 g/mol. The highest BCUT2D eigenvalue weighted by atomic mass is 32.2. The molecule has 3 aromatic rings. The minimum atomic E-state index is -4.48. The fourth-order valence-electron chi connectivity index (χ4n) is 4.15. The van der Waals surface area contributed by atoms with Gasteiger partial charge in [-0.15, -0.1) is 0 Å². The van der Waals surface area contributed by atoms with Crippen LogP contribution in [0.25, 0.3) is 0 Å². The molecule has 0 fully saturated rings. The van der Waals surface area contributed by atoms with Gasteiger partial charge in [0, 0.05) is 5.69 Å². The highest BCUT2D eigenvalue weighted by molar-refractivity contribution is 7.86. The van der Waals surface area contributed by atoms with E-state index in [1.165, 1.54) is 30.3 Å². The Bertz CT molecular complexity index is 1540. The number of hydrogen-bond acceptors (Lipinski definition) is 12. The molecular weight excluding hydrogens is 699 g/mol. The van der Waals surface area contributed by atoms with Crippen molar-refractivity contribution in [2.24, 2.45) is 0 Å². The summed E-state index contributed by atoms with van der Waals surface area (Å²) in [5, 5.41) is 2.85. The van der Waals surface area contributed by atoms with E-state index in [2.05, 4.69) is 5.32 Å². The molecule has 0 bridgehead atoms. The van der Waals surface area contributed by atoms with E-state index >= 15 is 0 Å². The van der Waals surface area contributed by atoms with Crippen LogP contribution < -0.4 is 5.32 Å². The summed E-state index contributed by atoms with van der Waals surface area (Å²) in [7, 11) is -3.80. The molecule has 0 radical (unpaired) electrons. The van der Waals surface area contributed by atoms with Gasteiger partial charge in [0.25, 0.3) is 10.1 Å². The Morgan fingerprint density at radius 1 is 0.627 bits per heavy atom. The van der Waals surface area contributed by atoms with Gasteiger partial charge in [-0.2, -0.15) is 21.6 Å². The second kappa shape index (κ2) is 23.1. The third-order valence-electron chi connectivity index (χ3n) is 6.71. The van der Waals surface area contributed by atoms with Gasteiger partial charge >= 0.3 is 12.1 Å². The van der Waals surface area contributed by atoms with Crippen LogP contribution in [0, 0.1) is 6.92 Å². The first-order valence-electron chi connectivity index (χ1n) is 16.2. The van der Waals surface area contributed by atoms with Crippen molar-refractivity contribution in [3.05, 3.63) is 89.5 Å². The largest absolute Gasteiger partial charge is 0.460 e. The second-order valence-corrected chi connectivity index (χ2v) is 12.3. The van der Waals surface area contributed by atoms with Crippen molar-refractivity contribution in [3.63, 3.8) is 0 Å². The molecule has 3 rings (SSSR count). The van der Waals surface area contributed by atoms with Crippen LogP contribution in [0.3, 0.4) is 0 Å². The number of hydrogen-bond donors (Lipinski definition) is 1. The minimum absolute atomic E-state index is 0.0162. The predicted molar refractivity (Wildman–Crippen MR) is 181 cm³/mol. The van der Waals surface area contributed by atoms with Gasteiger partial charge in [0.2, 0.25) is 0 Å². The predicted octanol–water partition coefficient (Wildman–Crippen LogP) is 5.42. The summed E-state index contributed by atoms with van der Waals surface area (Å²) in [6, 6.07) is 17.5. The maximum absolute atomic E-state index is 13.0. The fourth-order valence-corrected chi connectivity index (χ4v) is 5.04. The Morgan fingerprint density at radius 2 is 1.12 bits per heavy atom. The number of carbonyl (C=O) groups is 1. The van der Waals surface area contributed by atoms with Crippen molar-refractivity contribution in [3.8, 4) is 0 Å². The Morgan fingerprint density at radius 3 is 1.65 bits per heavy atom. The van der Waals surface area contributed by atoms with Crippen molar-refractivity contribution in [1.29, 1.82) is 0 Å². The number of carbonyl (C=O) groups excluding carboxylic acids is 1. The van der Waals surface area contributed by atoms with Crippen LogP contribution >= 0.6 is 0 Å². The number of halogens is 3. The van der Waals surface area contributed by atoms with Gasteiger partial charge in [-0.25, -0.2) is 4.79 Å². The molecule has 0 aliphatic heterocycles. The zero-order valence-corrected chi connectivity index (χ0v) is 29.2. The summed E-state index contributed by atoms with van der Waals surface area (Å²) in [6.07, 6.45) is -4.48. The number of ether oxygens (including phenoxy) is 7. The lowest BCUT2D eigenvalue weighted by atomic mass is 10.1. The molecule has 0 aliphatic rings. The van der Waals surface area contributed by atoms with Gasteiger partial charge in [-0.3, -0.25) is 4.18 Å². The van der Waals surface area contributed by atoms with Crippen molar-refractivity contribution in [2.75, 3.05) is 97.8 Å². The fraction of sp³-hybridized carbons (Fsp3) is 0.457. The van der Waals surface area contributed by atoms with E-state index in [1.807, 2.05) is 6.92 Å². The normalized spacial score (nSPS) is 11.8. The number of anilines is 2. The molecule has 51 heavy (non-hydrogen) atoms. The molecule has 0 heterocycles. The van der Waals surface area contributed by atoms with Gasteiger partial charge in [0.05, 0.1) is 108 Å². The van der Waals surface area contributed by atoms with Crippen LogP contribution in [0.1, 0.15) is 21.5 Å². The molecule has 0 amide bonds. The van der Waals surface area contributed by atoms with Crippen molar-refractivity contribution in [2.45, 2.75) is 18.0 Å². The zero-order chi connectivity index (χ0) is 36.8. The Balaban J connectivity index is 1.08. The third-order valence-corrected chi connectivity index (χ3v) is 8.04. The van der Waals surface area contributed by atoms with E-state index in [9.17, 15) is 26.4 Å². The first-order valence-corrected chi connectivity index (χ1v) is 17.6. The van der Waals surface area contributed by atoms with Crippen LogP contribution in [0.4, 0.5) is 24.5 Å². The lowest BCUT2D eigenvalue weighted by Crippen LogP contribution is -2.16. The SMILES string of the molecule is Cc1ccc(S(=O)(=O)OCCOCCOCCOCCOCCOCCOCCOC(=O)c2ccccc2Nc2cccc(C(F)(F)F)c2)cc1. The smallest absolute Gasteiger partial charge is 0.416 e. The molecule has 0 saturated heterocycles. The number of benzene rings is 3.